The lowest BCUT2D eigenvalue weighted by molar-refractivity contribution is 0.0908. The molecule has 1 amide bonds. The van der Waals surface area contributed by atoms with Crippen molar-refractivity contribution in [1.82, 2.24) is 5.32 Å². The van der Waals surface area contributed by atoms with E-state index in [-0.39, 0.29) is 18.1 Å². The number of hydrogen-bond donors (Lipinski definition) is 2. The average molecular weight is 306 g/mol. The molecule has 0 unspecified atom stereocenters. The fourth-order valence-corrected chi connectivity index (χ4v) is 2.83. The van der Waals surface area contributed by atoms with Crippen LogP contribution < -0.4 is 5.32 Å². The molecular weight excluding hydrogens is 286 g/mol. The SMILES string of the molecule is CC1(NC(=O)c2ccc(C#CCCO)c(Cl)c2)CCCC1. The number of amides is 1. The summed E-state index contributed by atoms with van der Waals surface area (Å²) in [5.41, 5.74) is 1.14. The lowest BCUT2D eigenvalue weighted by Crippen LogP contribution is -2.43. The Morgan fingerprint density at radius 1 is 1.43 bits per heavy atom. The van der Waals surface area contributed by atoms with Gasteiger partial charge in [0, 0.05) is 23.1 Å². The van der Waals surface area contributed by atoms with Crippen molar-refractivity contribution in [2.45, 2.75) is 44.6 Å². The summed E-state index contributed by atoms with van der Waals surface area (Å²) in [4.78, 5) is 12.3. The number of carbonyl (C=O) groups is 1. The Hall–Kier alpha value is -1.50. The van der Waals surface area contributed by atoms with E-state index >= 15 is 0 Å². The van der Waals surface area contributed by atoms with Gasteiger partial charge >= 0.3 is 0 Å². The van der Waals surface area contributed by atoms with Crippen molar-refractivity contribution < 1.29 is 9.90 Å². The van der Waals surface area contributed by atoms with Gasteiger partial charge in [-0.05, 0) is 38.0 Å². The van der Waals surface area contributed by atoms with Crippen molar-refractivity contribution in [3.63, 3.8) is 0 Å². The third-order valence-corrected chi connectivity index (χ3v) is 4.13. The Balaban J connectivity index is 2.09. The second-order valence-corrected chi connectivity index (χ2v) is 6.10. The van der Waals surface area contributed by atoms with Gasteiger partial charge in [-0.15, -0.1) is 0 Å². The van der Waals surface area contributed by atoms with Crippen LogP contribution in [0.1, 0.15) is 54.9 Å². The maximum absolute atomic E-state index is 12.3. The van der Waals surface area contributed by atoms with E-state index in [4.69, 9.17) is 16.7 Å². The maximum atomic E-state index is 12.3. The van der Waals surface area contributed by atoms with E-state index in [1.165, 1.54) is 0 Å². The van der Waals surface area contributed by atoms with Crippen molar-refractivity contribution in [2.75, 3.05) is 6.61 Å². The topological polar surface area (TPSA) is 49.3 Å². The molecule has 0 spiro atoms. The largest absolute Gasteiger partial charge is 0.395 e. The van der Waals surface area contributed by atoms with E-state index in [0.717, 1.165) is 25.7 Å². The first kappa shape index (κ1) is 15.9. The van der Waals surface area contributed by atoms with Crippen LogP contribution in [0.15, 0.2) is 18.2 Å². The first-order valence-electron chi connectivity index (χ1n) is 7.26. The molecule has 1 fully saturated rings. The Morgan fingerprint density at radius 2 is 2.14 bits per heavy atom. The van der Waals surface area contributed by atoms with Crippen LogP contribution in [0.3, 0.4) is 0 Å². The molecule has 0 aromatic heterocycles. The predicted molar refractivity (Wildman–Crippen MR) is 84.4 cm³/mol. The van der Waals surface area contributed by atoms with Crippen molar-refractivity contribution in [1.29, 1.82) is 0 Å². The first-order chi connectivity index (χ1) is 10.0. The summed E-state index contributed by atoms with van der Waals surface area (Å²) >= 11 is 6.16. The smallest absolute Gasteiger partial charge is 0.251 e. The molecule has 1 aliphatic rings. The molecule has 2 N–H and O–H groups in total. The zero-order valence-corrected chi connectivity index (χ0v) is 13.0. The normalized spacial score (nSPS) is 16.1. The molecule has 4 heteroatoms. The molecule has 3 nitrogen and oxygen atoms in total. The van der Waals surface area contributed by atoms with E-state index in [0.29, 0.717) is 22.6 Å². The quantitative estimate of drug-likeness (QED) is 0.843. The number of hydrogen-bond acceptors (Lipinski definition) is 2. The third kappa shape index (κ3) is 4.23. The van der Waals surface area contributed by atoms with Gasteiger partial charge in [-0.1, -0.05) is 36.3 Å². The highest BCUT2D eigenvalue weighted by molar-refractivity contribution is 6.32. The predicted octanol–water partition coefficient (Wildman–Crippen LogP) is 3.14. The number of benzene rings is 1. The van der Waals surface area contributed by atoms with Gasteiger partial charge in [0.2, 0.25) is 0 Å². The fourth-order valence-electron chi connectivity index (χ4n) is 2.60. The maximum Gasteiger partial charge on any atom is 0.251 e. The monoisotopic (exact) mass is 305 g/mol. The second kappa shape index (κ2) is 6.98. The lowest BCUT2D eigenvalue weighted by atomic mass is 10.00. The number of halogens is 1. The molecule has 0 bridgehead atoms. The molecule has 112 valence electrons. The standard InChI is InChI=1S/C17H20ClNO2/c1-17(9-3-4-10-17)19-16(21)14-8-7-13(15(18)12-14)6-2-5-11-20/h7-8,12,20H,3-5,9-11H2,1H3,(H,19,21). The summed E-state index contributed by atoms with van der Waals surface area (Å²) in [5.74, 6) is 5.62. The highest BCUT2D eigenvalue weighted by Crippen LogP contribution is 2.29. The minimum absolute atomic E-state index is 0.0314. The van der Waals surface area contributed by atoms with Gasteiger partial charge in [-0.25, -0.2) is 0 Å². The van der Waals surface area contributed by atoms with Crippen LogP contribution in [-0.2, 0) is 0 Å². The third-order valence-electron chi connectivity index (χ3n) is 3.81. The Morgan fingerprint density at radius 3 is 2.76 bits per heavy atom. The molecule has 21 heavy (non-hydrogen) atoms. The Bertz CT molecular complexity index is 580. The zero-order chi connectivity index (χ0) is 15.3. The minimum atomic E-state index is -0.0941. The molecule has 2 rings (SSSR count). The van der Waals surface area contributed by atoms with Gasteiger partial charge in [-0.3, -0.25) is 4.79 Å². The molecular formula is C17H20ClNO2. The molecule has 0 radical (unpaired) electrons. The van der Waals surface area contributed by atoms with Crippen LogP contribution in [-0.4, -0.2) is 23.2 Å². The number of aliphatic hydroxyl groups excluding tert-OH is 1. The van der Waals surface area contributed by atoms with Gasteiger partial charge in [0.25, 0.3) is 5.91 Å². The van der Waals surface area contributed by atoms with Crippen LogP contribution in [0, 0.1) is 11.8 Å². The summed E-state index contributed by atoms with van der Waals surface area (Å²) in [7, 11) is 0. The summed E-state index contributed by atoms with van der Waals surface area (Å²) in [6, 6.07) is 5.14. The molecule has 1 aromatic rings. The van der Waals surface area contributed by atoms with E-state index in [2.05, 4.69) is 24.1 Å². The van der Waals surface area contributed by atoms with Gasteiger partial charge < -0.3 is 10.4 Å². The molecule has 1 saturated carbocycles. The van der Waals surface area contributed by atoms with Crippen molar-refractivity contribution in [3.05, 3.63) is 34.3 Å². The van der Waals surface area contributed by atoms with Crippen LogP contribution in [0.25, 0.3) is 0 Å². The van der Waals surface area contributed by atoms with Gasteiger partial charge in [0.05, 0.1) is 11.6 Å². The van der Waals surface area contributed by atoms with E-state index in [1.807, 2.05) is 0 Å². The van der Waals surface area contributed by atoms with Gasteiger partial charge in [0.1, 0.15) is 0 Å². The summed E-state index contributed by atoms with van der Waals surface area (Å²) in [5, 5.41) is 12.3. The van der Waals surface area contributed by atoms with Crippen LogP contribution in [0.2, 0.25) is 5.02 Å². The first-order valence-corrected chi connectivity index (χ1v) is 7.64. The van der Waals surface area contributed by atoms with E-state index < -0.39 is 0 Å². The molecule has 1 aliphatic carbocycles. The summed E-state index contributed by atoms with van der Waals surface area (Å²) < 4.78 is 0. The van der Waals surface area contributed by atoms with Crippen LogP contribution in [0.4, 0.5) is 0 Å². The number of nitrogens with one attached hydrogen (secondary N) is 1. The minimum Gasteiger partial charge on any atom is -0.395 e. The van der Waals surface area contributed by atoms with Crippen LogP contribution >= 0.6 is 11.6 Å². The second-order valence-electron chi connectivity index (χ2n) is 5.69. The summed E-state index contributed by atoms with van der Waals surface area (Å²) in [6.07, 6.45) is 4.79. The number of aliphatic hydroxyl groups is 1. The van der Waals surface area contributed by atoms with Crippen molar-refractivity contribution in [2.24, 2.45) is 0 Å². The average Bonchev–Trinajstić information content (AvgIpc) is 2.87. The Kier molecular flexibility index (Phi) is 5.27. The van der Waals surface area contributed by atoms with E-state index in [1.54, 1.807) is 18.2 Å². The van der Waals surface area contributed by atoms with Crippen molar-refractivity contribution >= 4 is 17.5 Å². The van der Waals surface area contributed by atoms with Crippen LogP contribution in [0.5, 0.6) is 0 Å². The van der Waals surface area contributed by atoms with Gasteiger partial charge in [-0.2, -0.15) is 0 Å². The number of carbonyl (C=O) groups excluding carboxylic acids is 1. The highest BCUT2D eigenvalue weighted by Gasteiger charge is 2.30. The lowest BCUT2D eigenvalue weighted by Gasteiger charge is -2.25. The van der Waals surface area contributed by atoms with E-state index in [9.17, 15) is 4.79 Å². The van der Waals surface area contributed by atoms with Gasteiger partial charge in [0.15, 0.2) is 0 Å². The summed E-state index contributed by atoms with van der Waals surface area (Å²) in [6.45, 7) is 2.12. The fraction of sp³-hybridized carbons (Fsp3) is 0.471. The zero-order valence-electron chi connectivity index (χ0n) is 12.2. The number of rotatable bonds is 3. The molecule has 0 saturated heterocycles. The Labute approximate surface area is 130 Å². The molecule has 0 heterocycles. The molecule has 1 aromatic carbocycles. The molecule has 0 aliphatic heterocycles. The van der Waals surface area contributed by atoms with Crippen molar-refractivity contribution in [3.8, 4) is 11.8 Å². The molecule has 0 atom stereocenters. The highest BCUT2D eigenvalue weighted by atomic mass is 35.5.